The molecule has 0 saturated carbocycles. The third-order valence-electron chi connectivity index (χ3n) is 2.69. The summed E-state index contributed by atoms with van der Waals surface area (Å²) in [5.74, 6) is 0.273. The predicted molar refractivity (Wildman–Crippen MR) is 76.7 cm³/mol. The molecule has 3 N–H and O–H groups in total. The predicted octanol–water partition coefficient (Wildman–Crippen LogP) is 1.08. The molecule has 1 aromatic carbocycles. The van der Waals surface area contributed by atoms with E-state index in [2.05, 4.69) is 5.32 Å². The van der Waals surface area contributed by atoms with Gasteiger partial charge in [0.1, 0.15) is 12.3 Å². The standard InChI is InChI=1S/C14H15N3O3/c1-20-13-8-10(15)2-3-12(13)16-14(19)9-17-6-4-11(18)5-7-17/h2-8H,9,15H2,1H3,(H,16,19). The highest BCUT2D eigenvalue weighted by Crippen LogP contribution is 2.26. The number of anilines is 2. The number of nitrogen functional groups attached to an aromatic ring is 1. The van der Waals surface area contributed by atoms with Gasteiger partial charge < -0.3 is 20.4 Å². The van der Waals surface area contributed by atoms with Crippen molar-refractivity contribution in [3.8, 4) is 5.75 Å². The molecule has 2 rings (SSSR count). The van der Waals surface area contributed by atoms with Gasteiger partial charge in [0.2, 0.25) is 5.91 Å². The van der Waals surface area contributed by atoms with Gasteiger partial charge in [0, 0.05) is 36.3 Å². The fourth-order valence-corrected chi connectivity index (χ4v) is 1.72. The third-order valence-corrected chi connectivity index (χ3v) is 2.69. The van der Waals surface area contributed by atoms with Crippen molar-refractivity contribution in [3.05, 3.63) is 52.9 Å². The maximum absolute atomic E-state index is 11.9. The number of ether oxygens (including phenoxy) is 1. The monoisotopic (exact) mass is 273 g/mol. The number of nitrogens with one attached hydrogen (secondary N) is 1. The number of carbonyl (C=O) groups excluding carboxylic acids is 1. The van der Waals surface area contributed by atoms with E-state index in [0.29, 0.717) is 17.1 Å². The Morgan fingerprint density at radius 2 is 2.00 bits per heavy atom. The van der Waals surface area contributed by atoms with Gasteiger partial charge in [-0.1, -0.05) is 0 Å². The Morgan fingerprint density at radius 1 is 1.30 bits per heavy atom. The van der Waals surface area contributed by atoms with Crippen LogP contribution in [0, 0.1) is 0 Å². The first kappa shape index (κ1) is 13.7. The van der Waals surface area contributed by atoms with Crippen molar-refractivity contribution in [2.75, 3.05) is 18.2 Å². The first-order valence-corrected chi connectivity index (χ1v) is 5.98. The van der Waals surface area contributed by atoms with Crippen LogP contribution in [0.1, 0.15) is 0 Å². The second-order valence-electron chi connectivity index (χ2n) is 4.21. The summed E-state index contributed by atoms with van der Waals surface area (Å²) in [5, 5.41) is 2.73. The molecule has 104 valence electrons. The van der Waals surface area contributed by atoms with E-state index >= 15 is 0 Å². The molecule has 0 aliphatic rings. The van der Waals surface area contributed by atoms with Crippen LogP contribution in [0.2, 0.25) is 0 Å². The van der Waals surface area contributed by atoms with Crippen LogP contribution in [0.15, 0.2) is 47.5 Å². The molecule has 0 aliphatic heterocycles. The van der Waals surface area contributed by atoms with Crippen LogP contribution in [-0.2, 0) is 11.3 Å². The van der Waals surface area contributed by atoms with Crippen LogP contribution in [0.4, 0.5) is 11.4 Å². The Kier molecular flexibility index (Phi) is 4.05. The molecule has 0 spiro atoms. The van der Waals surface area contributed by atoms with E-state index in [1.807, 2.05) is 0 Å². The minimum Gasteiger partial charge on any atom is -0.494 e. The van der Waals surface area contributed by atoms with Crippen LogP contribution in [0.25, 0.3) is 0 Å². The quantitative estimate of drug-likeness (QED) is 0.816. The van der Waals surface area contributed by atoms with Crippen molar-refractivity contribution in [2.24, 2.45) is 0 Å². The number of benzene rings is 1. The molecule has 0 fully saturated rings. The van der Waals surface area contributed by atoms with Crippen molar-refractivity contribution in [1.82, 2.24) is 4.57 Å². The summed E-state index contributed by atoms with van der Waals surface area (Å²) in [4.78, 5) is 22.9. The lowest BCUT2D eigenvalue weighted by molar-refractivity contribution is -0.116. The van der Waals surface area contributed by atoms with Gasteiger partial charge in [-0.3, -0.25) is 9.59 Å². The van der Waals surface area contributed by atoms with E-state index in [-0.39, 0.29) is 17.9 Å². The highest BCUT2D eigenvalue weighted by Gasteiger charge is 2.08. The summed E-state index contributed by atoms with van der Waals surface area (Å²) >= 11 is 0. The first-order valence-electron chi connectivity index (χ1n) is 5.98. The average molecular weight is 273 g/mol. The summed E-state index contributed by atoms with van der Waals surface area (Å²) in [6.45, 7) is 0.105. The zero-order valence-electron chi connectivity index (χ0n) is 11.0. The van der Waals surface area contributed by atoms with Gasteiger partial charge in [-0.05, 0) is 12.1 Å². The Morgan fingerprint density at radius 3 is 2.65 bits per heavy atom. The van der Waals surface area contributed by atoms with Crippen molar-refractivity contribution in [3.63, 3.8) is 0 Å². The van der Waals surface area contributed by atoms with Crippen LogP contribution < -0.4 is 21.2 Å². The smallest absolute Gasteiger partial charge is 0.244 e. The van der Waals surface area contributed by atoms with E-state index in [4.69, 9.17) is 10.5 Å². The highest BCUT2D eigenvalue weighted by atomic mass is 16.5. The summed E-state index contributed by atoms with van der Waals surface area (Å²) < 4.78 is 6.76. The number of hydrogen-bond acceptors (Lipinski definition) is 4. The van der Waals surface area contributed by atoms with Crippen molar-refractivity contribution >= 4 is 17.3 Å². The number of carbonyl (C=O) groups is 1. The number of rotatable bonds is 4. The Bertz CT molecular complexity index is 659. The molecule has 1 aromatic heterocycles. The van der Waals surface area contributed by atoms with Crippen molar-refractivity contribution < 1.29 is 9.53 Å². The number of aromatic nitrogens is 1. The molecular weight excluding hydrogens is 258 g/mol. The number of nitrogens with two attached hydrogens (primary N) is 1. The van der Waals surface area contributed by atoms with Crippen LogP contribution in [-0.4, -0.2) is 17.6 Å². The Labute approximate surface area is 115 Å². The van der Waals surface area contributed by atoms with Gasteiger partial charge in [-0.2, -0.15) is 0 Å². The lowest BCUT2D eigenvalue weighted by Crippen LogP contribution is -2.19. The van der Waals surface area contributed by atoms with E-state index < -0.39 is 0 Å². The van der Waals surface area contributed by atoms with Crippen LogP contribution in [0.3, 0.4) is 0 Å². The SMILES string of the molecule is COc1cc(N)ccc1NC(=O)Cn1ccc(=O)cc1. The lowest BCUT2D eigenvalue weighted by atomic mass is 10.2. The van der Waals surface area contributed by atoms with Crippen LogP contribution >= 0.6 is 0 Å². The number of amides is 1. The Hall–Kier alpha value is -2.76. The van der Waals surface area contributed by atoms with Gasteiger partial charge in [-0.15, -0.1) is 0 Å². The summed E-state index contributed by atoms with van der Waals surface area (Å²) in [7, 11) is 1.51. The molecule has 0 unspecified atom stereocenters. The summed E-state index contributed by atoms with van der Waals surface area (Å²) in [5.41, 5.74) is 6.65. The molecule has 0 aliphatic carbocycles. The second kappa shape index (κ2) is 5.92. The molecule has 0 atom stereocenters. The maximum atomic E-state index is 11.9. The molecule has 1 amide bonds. The molecule has 6 nitrogen and oxygen atoms in total. The van der Waals surface area contributed by atoms with Gasteiger partial charge in [0.15, 0.2) is 5.43 Å². The minimum atomic E-state index is -0.225. The number of methoxy groups -OCH3 is 1. The highest BCUT2D eigenvalue weighted by molar-refractivity contribution is 5.92. The van der Waals surface area contributed by atoms with Crippen LogP contribution in [0.5, 0.6) is 5.75 Å². The topological polar surface area (TPSA) is 86.3 Å². The molecule has 20 heavy (non-hydrogen) atoms. The van der Waals surface area contributed by atoms with Gasteiger partial charge in [-0.25, -0.2) is 0 Å². The average Bonchev–Trinajstić information content (AvgIpc) is 2.43. The second-order valence-corrected chi connectivity index (χ2v) is 4.21. The zero-order valence-corrected chi connectivity index (χ0v) is 11.0. The van der Waals surface area contributed by atoms with E-state index in [9.17, 15) is 9.59 Å². The molecule has 0 bridgehead atoms. The largest absolute Gasteiger partial charge is 0.494 e. The molecule has 1 heterocycles. The molecule has 2 aromatic rings. The van der Waals surface area contributed by atoms with Gasteiger partial charge in [0.25, 0.3) is 0 Å². The number of hydrogen-bond donors (Lipinski definition) is 2. The van der Waals surface area contributed by atoms with Crippen molar-refractivity contribution in [1.29, 1.82) is 0 Å². The molecular formula is C14H15N3O3. The Balaban J connectivity index is 2.08. The van der Waals surface area contributed by atoms with Gasteiger partial charge >= 0.3 is 0 Å². The number of nitrogens with zero attached hydrogens (tertiary/aromatic N) is 1. The molecule has 0 radical (unpaired) electrons. The summed E-state index contributed by atoms with van der Waals surface area (Å²) in [6, 6.07) is 7.79. The fraction of sp³-hybridized carbons (Fsp3) is 0.143. The van der Waals surface area contributed by atoms with E-state index in [0.717, 1.165) is 0 Å². The molecule has 0 saturated heterocycles. The van der Waals surface area contributed by atoms with E-state index in [1.54, 1.807) is 35.2 Å². The van der Waals surface area contributed by atoms with E-state index in [1.165, 1.54) is 19.2 Å². The zero-order chi connectivity index (χ0) is 14.5. The van der Waals surface area contributed by atoms with Gasteiger partial charge in [0.05, 0.1) is 12.8 Å². The fourth-order valence-electron chi connectivity index (χ4n) is 1.72. The third kappa shape index (κ3) is 3.38. The summed E-state index contributed by atoms with van der Waals surface area (Å²) in [6.07, 6.45) is 3.12. The normalized spacial score (nSPS) is 10.1. The first-order chi connectivity index (χ1) is 9.58. The minimum absolute atomic E-state index is 0.0955. The van der Waals surface area contributed by atoms with Crippen molar-refractivity contribution in [2.45, 2.75) is 6.54 Å². The maximum Gasteiger partial charge on any atom is 0.244 e. The number of pyridine rings is 1. The lowest BCUT2D eigenvalue weighted by Gasteiger charge is -2.11. The molecule has 6 heteroatoms.